The molecule has 0 spiro atoms. The second-order valence-corrected chi connectivity index (χ2v) is 10.7. The number of aryl methyl sites for hydroxylation is 2. The summed E-state index contributed by atoms with van der Waals surface area (Å²) in [6, 6.07) is 10.5. The predicted molar refractivity (Wildman–Crippen MR) is 161 cm³/mol. The Balaban J connectivity index is 1.51. The van der Waals surface area contributed by atoms with E-state index in [1.807, 2.05) is 37.7 Å². The average Bonchev–Trinajstić information content (AvgIpc) is 3.22. The summed E-state index contributed by atoms with van der Waals surface area (Å²) in [7, 11) is 3.41. The molecule has 3 N–H and O–H groups in total. The number of methoxy groups -OCH3 is 1. The summed E-state index contributed by atoms with van der Waals surface area (Å²) in [6.45, 7) is 5.69. The van der Waals surface area contributed by atoms with Crippen LogP contribution in [0.5, 0.6) is 11.5 Å². The van der Waals surface area contributed by atoms with Crippen LogP contribution in [0.4, 0.5) is 0 Å². The van der Waals surface area contributed by atoms with Gasteiger partial charge in [-0.3, -0.25) is 19.1 Å². The van der Waals surface area contributed by atoms with Gasteiger partial charge in [0.05, 0.1) is 18.4 Å². The first-order chi connectivity index (χ1) is 20.2. The van der Waals surface area contributed by atoms with E-state index in [0.717, 1.165) is 22.5 Å². The van der Waals surface area contributed by atoms with Gasteiger partial charge in [-0.25, -0.2) is 0 Å². The van der Waals surface area contributed by atoms with Gasteiger partial charge in [-0.15, -0.1) is 0 Å². The smallest absolute Gasteiger partial charge is 0.255 e. The lowest BCUT2D eigenvalue weighted by molar-refractivity contribution is -0.131. The van der Waals surface area contributed by atoms with E-state index in [0.29, 0.717) is 87.1 Å². The molecule has 2 aromatic carbocycles. The molecule has 0 aliphatic carbocycles. The summed E-state index contributed by atoms with van der Waals surface area (Å²) < 4.78 is 7.28. The monoisotopic (exact) mass is 575 g/mol. The summed E-state index contributed by atoms with van der Waals surface area (Å²) in [5.41, 5.74) is 5.65. The molecule has 3 amide bonds. The number of benzene rings is 2. The van der Waals surface area contributed by atoms with Crippen LogP contribution in [-0.2, 0) is 29.5 Å². The fourth-order valence-electron chi connectivity index (χ4n) is 5.39. The molecule has 10 heteroatoms. The van der Waals surface area contributed by atoms with E-state index in [-0.39, 0.29) is 23.5 Å². The van der Waals surface area contributed by atoms with Crippen LogP contribution in [-0.4, -0.2) is 70.8 Å². The molecule has 3 aromatic rings. The van der Waals surface area contributed by atoms with Crippen molar-refractivity contribution in [2.75, 3.05) is 33.3 Å². The zero-order chi connectivity index (χ0) is 30.2. The minimum atomic E-state index is -0.294. The maximum atomic E-state index is 13.3. The quantitative estimate of drug-likeness (QED) is 0.438. The SMILES string of the molecule is COc1ccc2cc1C(=O)NCCCN(C(=O)CCc1c(C)nn(C)c1C)CCCC(=O)NCCc1ccc(O)c-2c1. The van der Waals surface area contributed by atoms with Gasteiger partial charge in [-0.1, -0.05) is 12.1 Å². The summed E-state index contributed by atoms with van der Waals surface area (Å²) >= 11 is 0. The number of amides is 3. The Hall–Kier alpha value is -4.34. The number of aromatic hydroxyl groups is 1. The van der Waals surface area contributed by atoms with Gasteiger partial charge in [0.1, 0.15) is 11.5 Å². The second kappa shape index (κ2) is 14.0. The maximum Gasteiger partial charge on any atom is 0.255 e. The fourth-order valence-corrected chi connectivity index (χ4v) is 5.39. The van der Waals surface area contributed by atoms with Crippen molar-refractivity contribution in [2.45, 2.75) is 52.4 Å². The number of hydrogen-bond donors (Lipinski definition) is 3. The van der Waals surface area contributed by atoms with Gasteiger partial charge in [0.15, 0.2) is 0 Å². The zero-order valence-electron chi connectivity index (χ0n) is 25.0. The molecule has 0 fully saturated rings. The Morgan fingerprint density at radius 1 is 1.00 bits per heavy atom. The first-order valence-electron chi connectivity index (χ1n) is 14.5. The third kappa shape index (κ3) is 7.48. The highest BCUT2D eigenvalue weighted by Crippen LogP contribution is 2.33. The van der Waals surface area contributed by atoms with Crippen LogP contribution in [0.25, 0.3) is 11.1 Å². The Bertz CT molecular complexity index is 1450. The lowest BCUT2D eigenvalue weighted by Crippen LogP contribution is -2.36. The molecule has 0 saturated heterocycles. The molecule has 2 heterocycles. The molecule has 1 aromatic heterocycles. The Morgan fingerprint density at radius 3 is 2.52 bits per heavy atom. The number of carbonyl (C=O) groups is 3. The zero-order valence-corrected chi connectivity index (χ0v) is 25.0. The second-order valence-electron chi connectivity index (χ2n) is 10.7. The van der Waals surface area contributed by atoms with Crippen molar-refractivity contribution in [2.24, 2.45) is 7.05 Å². The number of phenolic OH excluding ortho intramolecular Hbond substituents is 1. The summed E-state index contributed by atoms with van der Waals surface area (Å²) in [5.74, 6) is 0.191. The molecule has 1 aliphatic heterocycles. The summed E-state index contributed by atoms with van der Waals surface area (Å²) in [5, 5.41) is 20.9. The molecule has 0 radical (unpaired) electrons. The number of phenols is 1. The van der Waals surface area contributed by atoms with E-state index in [1.165, 1.54) is 7.11 Å². The third-order valence-corrected chi connectivity index (χ3v) is 7.87. The van der Waals surface area contributed by atoms with Crippen molar-refractivity contribution in [3.8, 4) is 22.6 Å². The van der Waals surface area contributed by atoms with Gasteiger partial charge in [0, 0.05) is 57.3 Å². The van der Waals surface area contributed by atoms with Crippen LogP contribution in [0.3, 0.4) is 0 Å². The lowest BCUT2D eigenvalue weighted by atomic mass is 9.98. The molecule has 1 aliphatic rings. The number of nitrogens with zero attached hydrogens (tertiary/aromatic N) is 3. The molecule has 224 valence electrons. The highest BCUT2D eigenvalue weighted by atomic mass is 16.5. The topological polar surface area (TPSA) is 126 Å². The van der Waals surface area contributed by atoms with Gasteiger partial charge in [0.25, 0.3) is 5.91 Å². The molecule has 0 unspecified atom stereocenters. The molecular formula is C32H41N5O5. The van der Waals surface area contributed by atoms with Crippen LogP contribution < -0.4 is 15.4 Å². The van der Waals surface area contributed by atoms with Crippen LogP contribution >= 0.6 is 0 Å². The van der Waals surface area contributed by atoms with Crippen LogP contribution in [0.15, 0.2) is 36.4 Å². The number of aromatic nitrogens is 2. The van der Waals surface area contributed by atoms with Crippen molar-refractivity contribution in [3.63, 3.8) is 0 Å². The Morgan fingerprint density at radius 2 is 1.79 bits per heavy atom. The lowest BCUT2D eigenvalue weighted by Gasteiger charge is -2.23. The van der Waals surface area contributed by atoms with Crippen LogP contribution in [0.1, 0.15) is 58.6 Å². The number of nitrogens with one attached hydrogen (secondary N) is 2. The van der Waals surface area contributed by atoms with Gasteiger partial charge in [-0.2, -0.15) is 5.10 Å². The minimum Gasteiger partial charge on any atom is -0.507 e. The highest BCUT2D eigenvalue weighted by Gasteiger charge is 2.19. The van der Waals surface area contributed by atoms with Crippen LogP contribution in [0.2, 0.25) is 0 Å². The van der Waals surface area contributed by atoms with E-state index in [1.54, 1.807) is 29.2 Å². The average molecular weight is 576 g/mol. The number of rotatable bonds is 4. The van der Waals surface area contributed by atoms with E-state index in [4.69, 9.17) is 4.74 Å². The summed E-state index contributed by atoms with van der Waals surface area (Å²) in [4.78, 5) is 40.8. The predicted octanol–water partition coefficient (Wildman–Crippen LogP) is 3.45. The minimum absolute atomic E-state index is 0.0173. The Kier molecular flexibility index (Phi) is 10.2. The van der Waals surface area contributed by atoms with Crippen molar-refractivity contribution in [1.82, 2.24) is 25.3 Å². The van der Waals surface area contributed by atoms with Crippen molar-refractivity contribution < 1.29 is 24.2 Å². The maximum absolute atomic E-state index is 13.3. The highest BCUT2D eigenvalue weighted by molar-refractivity contribution is 5.98. The van der Waals surface area contributed by atoms with Crippen molar-refractivity contribution >= 4 is 17.7 Å². The molecule has 42 heavy (non-hydrogen) atoms. The van der Waals surface area contributed by atoms with Gasteiger partial charge in [0.2, 0.25) is 11.8 Å². The van der Waals surface area contributed by atoms with Crippen molar-refractivity contribution in [3.05, 3.63) is 64.5 Å². The van der Waals surface area contributed by atoms with E-state index in [2.05, 4.69) is 15.7 Å². The summed E-state index contributed by atoms with van der Waals surface area (Å²) in [6.07, 6.45) is 2.95. The fraction of sp³-hybridized carbons (Fsp3) is 0.438. The first kappa shape index (κ1) is 30.6. The van der Waals surface area contributed by atoms with Gasteiger partial charge < -0.3 is 25.4 Å². The normalized spacial score (nSPS) is 15.2. The molecule has 4 bridgehead atoms. The number of hydrogen-bond acceptors (Lipinski definition) is 6. The standard InChI is InChI=1S/C32H41N5O5/c1-21-25(22(2)36(3)35-21)10-13-31(40)37-17-5-7-30(39)33-16-14-23-8-11-28(38)26(19-23)24-9-12-29(42-4)27(20-24)32(41)34-15-6-18-37/h8-9,11-12,19-20,38H,5-7,10,13-18H2,1-4H3,(H,33,39)(H,34,41). The molecule has 0 atom stereocenters. The van der Waals surface area contributed by atoms with Crippen LogP contribution in [0, 0.1) is 13.8 Å². The van der Waals surface area contributed by atoms with E-state index < -0.39 is 0 Å². The largest absolute Gasteiger partial charge is 0.507 e. The van der Waals surface area contributed by atoms with Gasteiger partial charge in [-0.05, 0) is 80.5 Å². The van der Waals surface area contributed by atoms with E-state index in [9.17, 15) is 19.5 Å². The first-order valence-corrected chi connectivity index (χ1v) is 14.5. The van der Waals surface area contributed by atoms with Gasteiger partial charge >= 0.3 is 0 Å². The van der Waals surface area contributed by atoms with E-state index >= 15 is 0 Å². The Labute approximate surface area is 247 Å². The van der Waals surface area contributed by atoms with Crippen molar-refractivity contribution in [1.29, 1.82) is 0 Å². The number of fused-ring (bicyclic) bond motifs is 5. The number of ether oxygens (including phenoxy) is 1. The number of carbonyl (C=O) groups excluding carboxylic acids is 3. The molecular weight excluding hydrogens is 534 g/mol. The molecule has 4 rings (SSSR count). The molecule has 0 saturated carbocycles. The molecule has 10 nitrogen and oxygen atoms in total. The third-order valence-electron chi connectivity index (χ3n) is 7.87.